The van der Waals surface area contributed by atoms with E-state index in [4.69, 9.17) is 0 Å². The zero-order valence-electron chi connectivity index (χ0n) is 11.0. The number of hydrogen-bond acceptors (Lipinski definition) is 4. The summed E-state index contributed by atoms with van der Waals surface area (Å²) in [5.74, 6) is -0.446. The smallest absolute Gasteiger partial charge is 0.426 e. The first-order valence-electron chi connectivity index (χ1n) is 5.63. The Hall–Kier alpha value is -2.05. The highest BCUT2D eigenvalue weighted by Crippen LogP contribution is 2.12. The van der Waals surface area contributed by atoms with Crippen molar-refractivity contribution in [3.63, 3.8) is 0 Å². The van der Waals surface area contributed by atoms with Crippen LogP contribution in [0.1, 0.15) is 38.1 Å². The molecule has 0 aliphatic carbocycles. The van der Waals surface area contributed by atoms with E-state index < -0.39 is 12.0 Å². The van der Waals surface area contributed by atoms with Crippen LogP contribution in [0.15, 0.2) is 12.4 Å². The Morgan fingerprint density at radius 2 is 2.06 bits per heavy atom. The first-order valence-corrected chi connectivity index (χ1v) is 5.63. The van der Waals surface area contributed by atoms with Gasteiger partial charge in [-0.15, -0.1) is 0 Å². The number of carbonyl (C=O) groups is 2. The topological polar surface area (TPSA) is 85.2 Å². The summed E-state index contributed by atoms with van der Waals surface area (Å²) < 4.78 is 6.27. The van der Waals surface area contributed by atoms with Gasteiger partial charge in [0.15, 0.2) is 0 Å². The van der Waals surface area contributed by atoms with Gasteiger partial charge in [-0.25, -0.2) is 10.2 Å². The summed E-state index contributed by atoms with van der Waals surface area (Å²) in [5.41, 5.74) is 4.53. The van der Waals surface area contributed by atoms with Gasteiger partial charge in [-0.2, -0.15) is 5.10 Å². The van der Waals surface area contributed by atoms with Gasteiger partial charge < -0.3 is 4.74 Å². The lowest BCUT2D eigenvalue weighted by Gasteiger charge is -2.18. The van der Waals surface area contributed by atoms with E-state index in [0.29, 0.717) is 5.56 Å². The van der Waals surface area contributed by atoms with Crippen molar-refractivity contribution in [1.29, 1.82) is 0 Å². The van der Waals surface area contributed by atoms with Crippen LogP contribution in [0.25, 0.3) is 0 Å². The minimum absolute atomic E-state index is 0.201. The van der Waals surface area contributed by atoms with Gasteiger partial charge in [-0.1, -0.05) is 0 Å². The third-order valence-corrected chi connectivity index (χ3v) is 2.09. The molecule has 0 saturated heterocycles. The van der Waals surface area contributed by atoms with Crippen molar-refractivity contribution >= 4 is 12.0 Å². The molecule has 0 bridgehead atoms. The maximum Gasteiger partial charge on any atom is 0.426 e. The number of rotatable bonds is 2. The fourth-order valence-electron chi connectivity index (χ4n) is 1.15. The van der Waals surface area contributed by atoms with Crippen molar-refractivity contribution in [1.82, 2.24) is 20.6 Å². The monoisotopic (exact) mass is 254 g/mol. The molecule has 100 valence electrons. The molecule has 1 aromatic rings. The predicted molar refractivity (Wildman–Crippen MR) is 64.8 cm³/mol. The van der Waals surface area contributed by atoms with Crippen LogP contribution in [0.2, 0.25) is 0 Å². The average Bonchev–Trinajstić information content (AvgIpc) is 2.75. The van der Waals surface area contributed by atoms with Crippen LogP contribution in [0.4, 0.5) is 4.79 Å². The highest BCUT2D eigenvalue weighted by atomic mass is 16.5. The van der Waals surface area contributed by atoms with Gasteiger partial charge in [0.2, 0.25) is 0 Å². The predicted octanol–water partition coefficient (Wildman–Crippen LogP) is 1.03. The van der Waals surface area contributed by atoms with Gasteiger partial charge in [-0.3, -0.25) is 14.9 Å². The molecule has 0 radical (unpaired) electrons. The summed E-state index contributed by atoms with van der Waals surface area (Å²) in [6.07, 6.45) is 2.35. The number of carbonyl (C=O) groups excluding carboxylic acids is 2. The number of ether oxygens (including phenoxy) is 1. The fraction of sp³-hybridized carbons (Fsp3) is 0.545. The first-order chi connectivity index (χ1) is 8.34. The number of amides is 2. The quantitative estimate of drug-likeness (QED) is 0.772. The Kier molecular flexibility index (Phi) is 4.30. The largest absolute Gasteiger partial charge is 0.449 e. The standard InChI is InChI=1S/C11H18N4O3/c1-5-18-10(17)14-13-9(16)8-6-12-15(7-8)11(2,3)4/h6-7H,5H2,1-4H3,(H,13,16)(H,14,17). The molecule has 2 N–H and O–H groups in total. The highest BCUT2D eigenvalue weighted by molar-refractivity contribution is 5.94. The molecular weight excluding hydrogens is 236 g/mol. The van der Waals surface area contributed by atoms with Crippen molar-refractivity contribution in [3.05, 3.63) is 18.0 Å². The number of aromatic nitrogens is 2. The van der Waals surface area contributed by atoms with Crippen LogP contribution in [0.5, 0.6) is 0 Å². The molecule has 0 unspecified atom stereocenters. The van der Waals surface area contributed by atoms with Gasteiger partial charge in [0, 0.05) is 6.20 Å². The zero-order valence-corrected chi connectivity index (χ0v) is 11.0. The minimum atomic E-state index is -0.700. The van der Waals surface area contributed by atoms with Crippen LogP contribution in [0.3, 0.4) is 0 Å². The van der Waals surface area contributed by atoms with Gasteiger partial charge in [0.25, 0.3) is 5.91 Å². The van der Waals surface area contributed by atoms with Gasteiger partial charge in [0.05, 0.1) is 23.9 Å². The molecule has 0 atom stereocenters. The molecule has 0 aromatic carbocycles. The van der Waals surface area contributed by atoms with Gasteiger partial charge in [-0.05, 0) is 27.7 Å². The molecule has 0 saturated carbocycles. The van der Waals surface area contributed by atoms with E-state index in [1.54, 1.807) is 17.8 Å². The van der Waals surface area contributed by atoms with Crippen LogP contribution in [-0.4, -0.2) is 28.4 Å². The van der Waals surface area contributed by atoms with Crippen molar-refractivity contribution < 1.29 is 14.3 Å². The summed E-state index contributed by atoms with van der Waals surface area (Å²) in [6, 6.07) is 0. The SMILES string of the molecule is CCOC(=O)NNC(=O)c1cnn(C(C)(C)C)c1. The van der Waals surface area contributed by atoms with E-state index >= 15 is 0 Å². The lowest BCUT2D eigenvalue weighted by Crippen LogP contribution is -2.41. The third kappa shape index (κ3) is 3.76. The highest BCUT2D eigenvalue weighted by Gasteiger charge is 2.17. The molecule has 1 heterocycles. The van der Waals surface area contributed by atoms with E-state index in [1.165, 1.54) is 6.20 Å². The first kappa shape index (κ1) is 14.0. The zero-order chi connectivity index (χ0) is 13.8. The molecule has 18 heavy (non-hydrogen) atoms. The maximum absolute atomic E-state index is 11.7. The van der Waals surface area contributed by atoms with E-state index in [0.717, 1.165) is 0 Å². The van der Waals surface area contributed by atoms with E-state index in [2.05, 4.69) is 20.7 Å². The average molecular weight is 254 g/mol. The summed E-state index contributed by atoms with van der Waals surface area (Å²) in [5, 5.41) is 4.08. The molecule has 2 amide bonds. The van der Waals surface area contributed by atoms with E-state index in [-0.39, 0.29) is 12.1 Å². The molecule has 7 nitrogen and oxygen atoms in total. The fourth-order valence-corrected chi connectivity index (χ4v) is 1.15. The second kappa shape index (κ2) is 5.52. The molecule has 0 fully saturated rings. The summed E-state index contributed by atoms with van der Waals surface area (Å²) in [6.45, 7) is 7.83. The Balaban J connectivity index is 2.57. The van der Waals surface area contributed by atoms with Crippen molar-refractivity contribution in [2.75, 3.05) is 6.61 Å². The van der Waals surface area contributed by atoms with Crippen LogP contribution in [0, 0.1) is 0 Å². The lowest BCUT2D eigenvalue weighted by molar-refractivity contribution is 0.0912. The lowest BCUT2D eigenvalue weighted by atomic mass is 10.1. The van der Waals surface area contributed by atoms with E-state index in [1.807, 2.05) is 20.8 Å². The second-order valence-electron chi connectivity index (χ2n) is 4.64. The summed E-state index contributed by atoms with van der Waals surface area (Å²) in [4.78, 5) is 22.6. The van der Waals surface area contributed by atoms with Gasteiger partial charge in [0.1, 0.15) is 0 Å². The maximum atomic E-state index is 11.7. The Morgan fingerprint density at radius 3 is 2.56 bits per heavy atom. The van der Waals surface area contributed by atoms with Gasteiger partial charge >= 0.3 is 6.09 Å². The molecule has 1 aromatic heterocycles. The number of nitrogens with one attached hydrogen (secondary N) is 2. The summed E-state index contributed by atoms with van der Waals surface area (Å²) in [7, 11) is 0. The van der Waals surface area contributed by atoms with Crippen LogP contribution in [-0.2, 0) is 10.3 Å². The van der Waals surface area contributed by atoms with Crippen molar-refractivity contribution in [3.8, 4) is 0 Å². The molecular formula is C11H18N4O3. The van der Waals surface area contributed by atoms with Crippen molar-refractivity contribution in [2.45, 2.75) is 33.2 Å². The van der Waals surface area contributed by atoms with Crippen LogP contribution < -0.4 is 10.9 Å². The number of nitrogens with zero attached hydrogens (tertiary/aromatic N) is 2. The number of hydrogen-bond donors (Lipinski definition) is 2. The normalized spacial score (nSPS) is 10.9. The van der Waals surface area contributed by atoms with Crippen molar-refractivity contribution in [2.24, 2.45) is 0 Å². The molecule has 1 rings (SSSR count). The molecule has 0 aliphatic heterocycles. The molecule has 0 spiro atoms. The summed E-state index contributed by atoms with van der Waals surface area (Å²) >= 11 is 0. The minimum Gasteiger partial charge on any atom is -0.449 e. The Morgan fingerprint density at radius 1 is 1.39 bits per heavy atom. The molecule has 7 heteroatoms. The third-order valence-electron chi connectivity index (χ3n) is 2.09. The Labute approximate surface area is 105 Å². The van der Waals surface area contributed by atoms with Crippen LogP contribution >= 0.6 is 0 Å². The number of hydrazine groups is 1. The second-order valence-corrected chi connectivity index (χ2v) is 4.64. The van der Waals surface area contributed by atoms with E-state index in [9.17, 15) is 9.59 Å². The molecule has 0 aliphatic rings. The Bertz CT molecular complexity index is 434.